The lowest BCUT2D eigenvalue weighted by atomic mass is 10.0. The minimum Gasteiger partial charge on any atom is -0.497 e. The third-order valence-corrected chi connectivity index (χ3v) is 5.88. The van der Waals surface area contributed by atoms with Gasteiger partial charge in [0.25, 0.3) is 11.8 Å². The Balaban J connectivity index is 1.83. The first-order valence-corrected chi connectivity index (χ1v) is 10.4. The van der Waals surface area contributed by atoms with Gasteiger partial charge in [0, 0.05) is 32.2 Å². The van der Waals surface area contributed by atoms with Crippen molar-refractivity contribution in [3.8, 4) is 17.2 Å². The fraction of sp³-hybridized carbons (Fsp3) is 0.333. The first kappa shape index (κ1) is 21.7. The molecule has 8 heteroatoms. The lowest BCUT2D eigenvalue weighted by molar-refractivity contribution is -0.120. The summed E-state index contributed by atoms with van der Waals surface area (Å²) in [4.78, 5) is 32.9. The van der Waals surface area contributed by atoms with Crippen LogP contribution in [-0.4, -0.2) is 76.2 Å². The zero-order valence-corrected chi connectivity index (χ0v) is 18.8. The number of nitrogens with zero attached hydrogens (tertiary/aromatic N) is 3. The highest BCUT2D eigenvalue weighted by Crippen LogP contribution is 2.40. The highest BCUT2D eigenvalue weighted by atomic mass is 16.5. The number of amides is 2. The Morgan fingerprint density at radius 1 is 0.750 bits per heavy atom. The van der Waals surface area contributed by atoms with E-state index in [9.17, 15) is 9.59 Å². The molecule has 8 nitrogen and oxygen atoms in total. The number of piperazine rings is 1. The van der Waals surface area contributed by atoms with Gasteiger partial charge in [0.05, 0.1) is 32.6 Å². The highest BCUT2D eigenvalue weighted by molar-refractivity contribution is 6.45. The number of carbonyl (C=O) groups is 2. The summed E-state index contributed by atoms with van der Waals surface area (Å²) >= 11 is 0. The first-order valence-electron chi connectivity index (χ1n) is 10.4. The Morgan fingerprint density at radius 3 is 1.97 bits per heavy atom. The fourth-order valence-corrected chi connectivity index (χ4v) is 4.05. The van der Waals surface area contributed by atoms with Crippen LogP contribution in [0.2, 0.25) is 0 Å². The molecule has 2 aromatic carbocycles. The van der Waals surface area contributed by atoms with E-state index in [-0.39, 0.29) is 11.8 Å². The summed E-state index contributed by atoms with van der Waals surface area (Å²) in [6.45, 7) is 2.94. The second kappa shape index (κ2) is 8.92. The zero-order valence-electron chi connectivity index (χ0n) is 18.8. The van der Waals surface area contributed by atoms with Gasteiger partial charge >= 0.3 is 0 Å². The van der Waals surface area contributed by atoms with Gasteiger partial charge in [0.1, 0.15) is 22.9 Å². The van der Waals surface area contributed by atoms with Crippen molar-refractivity contribution >= 4 is 23.1 Å². The summed E-state index contributed by atoms with van der Waals surface area (Å²) in [7, 11) is 6.68. The van der Waals surface area contributed by atoms with E-state index >= 15 is 0 Å². The molecule has 0 aromatic heterocycles. The van der Waals surface area contributed by atoms with Crippen LogP contribution >= 0.6 is 0 Å². The first-order chi connectivity index (χ1) is 15.5. The number of rotatable bonds is 6. The fourth-order valence-electron chi connectivity index (χ4n) is 4.05. The standard InChI is InChI=1S/C24H27N3O5/c1-25-11-13-26(14-12-25)22-21(16-5-7-17(30-2)8-6-16)23(28)27(24(22)29)19-15-18(31-3)9-10-20(19)32-4/h5-10,15H,11-14H2,1-4H3. The van der Waals surface area contributed by atoms with Crippen LogP contribution in [0.5, 0.6) is 17.2 Å². The van der Waals surface area contributed by atoms with Gasteiger partial charge in [-0.2, -0.15) is 0 Å². The van der Waals surface area contributed by atoms with E-state index in [0.29, 0.717) is 52.9 Å². The van der Waals surface area contributed by atoms with Gasteiger partial charge in [-0.15, -0.1) is 0 Å². The third kappa shape index (κ3) is 3.78. The normalized spacial score (nSPS) is 17.2. The molecule has 0 spiro atoms. The maximum Gasteiger partial charge on any atom is 0.282 e. The molecule has 2 aliphatic heterocycles. The number of imide groups is 1. The van der Waals surface area contributed by atoms with Crippen molar-refractivity contribution in [2.45, 2.75) is 0 Å². The van der Waals surface area contributed by atoms with Crippen molar-refractivity contribution in [2.75, 3.05) is 59.5 Å². The second-order valence-corrected chi connectivity index (χ2v) is 7.73. The zero-order chi connectivity index (χ0) is 22.8. The van der Waals surface area contributed by atoms with Crippen molar-refractivity contribution in [1.29, 1.82) is 0 Å². The predicted molar refractivity (Wildman–Crippen MR) is 121 cm³/mol. The molecule has 0 radical (unpaired) electrons. The van der Waals surface area contributed by atoms with E-state index in [1.165, 1.54) is 19.1 Å². The molecule has 2 amide bonds. The van der Waals surface area contributed by atoms with Crippen LogP contribution in [0.1, 0.15) is 5.56 Å². The molecule has 4 rings (SSSR count). The average Bonchev–Trinajstić information content (AvgIpc) is 3.09. The number of benzene rings is 2. The maximum absolute atomic E-state index is 13.7. The summed E-state index contributed by atoms with van der Waals surface area (Å²) < 4.78 is 16.0. The van der Waals surface area contributed by atoms with Gasteiger partial charge in [-0.1, -0.05) is 12.1 Å². The molecular formula is C24H27N3O5. The summed E-state index contributed by atoms with van der Waals surface area (Å²) in [5, 5.41) is 0. The van der Waals surface area contributed by atoms with Gasteiger partial charge in [-0.25, -0.2) is 4.90 Å². The van der Waals surface area contributed by atoms with E-state index in [4.69, 9.17) is 14.2 Å². The molecule has 0 bridgehead atoms. The number of methoxy groups -OCH3 is 3. The van der Waals surface area contributed by atoms with Crippen LogP contribution in [0.25, 0.3) is 5.57 Å². The van der Waals surface area contributed by atoms with Crippen molar-refractivity contribution in [3.63, 3.8) is 0 Å². The third-order valence-electron chi connectivity index (χ3n) is 5.88. The molecule has 0 atom stereocenters. The Labute approximate surface area is 187 Å². The van der Waals surface area contributed by atoms with Crippen LogP contribution in [0, 0.1) is 0 Å². The molecule has 32 heavy (non-hydrogen) atoms. The molecule has 0 saturated carbocycles. The summed E-state index contributed by atoms with van der Waals surface area (Å²) in [5.74, 6) is 0.873. The van der Waals surface area contributed by atoms with E-state index in [1.807, 2.05) is 24.1 Å². The molecular weight excluding hydrogens is 410 g/mol. The van der Waals surface area contributed by atoms with Gasteiger partial charge in [-0.05, 0) is 36.9 Å². The quantitative estimate of drug-likeness (QED) is 0.642. The Kier molecular flexibility index (Phi) is 6.05. The minimum atomic E-state index is -0.388. The molecule has 2 aliphatic rings. The minimum absolute atomic E-state index is 0.358. The van der Waals surface area contributed by atoms with E-state index in [2.05, 4.69) is 4.90 Å². The molecule has 0 aliphatic carbocycles. The number of ether oxygens (including phenoxy) is 3. The average molecular weight is 437 g/mol. The Morgan fingerprint density at radius 2 is 1.38 bits per heavy atom. The number of carbonyl (C=O) groups excluding carboxylic acids is 2. The van der Waals surface area contributed by atoms with Crippen LogP contribution in [0.15, 0.2) is 48.2 Å². The number of anilines is 1. The van der Waals surface area contributed by atoms with Crippen molar-refractivity contribution in [1.82, 2.24) is 9.80 Å². The molecule has 2 aromatic rings. The van der Waals surface area contributed by atoms with Gasteiger partial charge < -0.3 is 24.0 Å². The molecule has 1 fully saturated rings. The predicted octanol–water partition coefficient (Wildman–Crippen LogP) is 2.24. The SMILES string of the molecule is COc1ccc(C2=C(N3CCN(C)CC3)C(=O)N(c3cc(OC)ccc3OC)C2=O)cc1. The Bertz CT molecular complexity index is 1060. The second-order valence-electron chi connectivity index (χ2n) is 7.73. The summed E-state index contributed by atoms with van der Waals surface area (Å²) in [5.41, 5.74) is 1.82. The van der Waals surface area contributed by atoms with Gasteiger partial charge in [0.2, 0.25) is 0 Å². The van der Waals surface area contributed by atoms with Gasteiger partial charge in [0.15, 0.2) is 0 Å². The van der Waals surface area contributed by atoms with Crippen LogP contribution in [0.3, 0.4) is 0 Å². The van der Waals surface area contributed by atoms with Crippen molar-refractivity contribution in [2.24, 2.45) is 0 Å². The van der Waals surface area contributed by atoms with Gasteiger partial charge in [-0.3, -0.25) is 9.59 Å². The highest BCUT2D eigenvalue weighted by Gasteiger charge is 2.44. The topological polar surface area (TPSA) is 71.6 Å². The van der Waals surface area contributed by atoms with Crippen LogP contribution < -0.4 is 19.1 Å². The molecule has 0 N–H and O–H groups in total. The lowest BCUT2D eigenvalue weighted by Gasteiger charge is -2.34. The van der Waals surface area contributed by atoms with Crippen molar-refractivity contribution < 1.29 is 23.8 Å². The lowest BCUT2D eigenvalue weighted by Crippen LogP contribution is -2.46. The van der Waals surface area contributed by atoms with E-state index in [1.54, 1.807) is 37.4 Å². The molecule has 0 unspecified atom stereocenters. The molecule has 168 valence electrons. The summed E-state index contributed by atoms with van der Waals surface area (Å²) in [6, 6.07) is 12.3. The summed E-state index contributed by atoms with van der Waals surface area (Å²) in [6.07, 6.45) is 0. The number of hydrogen-bond donors (Lipinski definition) is 0. The molecule has 1 saturated heterocycles. The largest absolute Gasteiger partial charge is 0.497 e. The van der Waals surface area contributed by atoms with Crippen LogP contribution in [-0.2, 0) is 9.59 Å². The van der Waals surface area contributed by atoms with E-state index < -0.39 is 0 Å². The van der Waals surface area contributed by atoms with Crippen molar-refractivity contribution in [3.05, 3.63) is 53.7 Å². The Hall–Kier alpha value is -3.52. The monoisotopic (exact) mass is 437 g/mol. The number of hydrogen-bond acceptors (Lipinski definition) is 7. The van der Waals surface area contributed by atoms with E-state index in [0.717, 1.165) is 13.1 Å². The smallest absolute Gasteiger partial charge is 0.282 e. The van der Waals surface area contributed by atoms with Crippen LogP contribution in [0.4, 0.5) is 5.69 Å². The maximum atomic E-state index is 13.7. The number of likely N-dealkylation sites (N-methyl/N-ethyl adjacent to an activating group) is 1. The molecule has 2 heterocycles.